The summed E-state index contributed by atoms with van der Waals surface area (Å²) in [5.41, 5.74) is 3.19. The predicted octanol–water partition coefficient (Wildman–Crippen LogP) is 6.88. The molecule has 5 nitrogen and oxygen atoms in total. The Morgan fingerprint density at radius 2 is 1.49 bits per heavy atom. The third kappa shape index (κ3) is 5.68. The summed E-state index contributed by atoms with van der Waals surface area (Å²) in [7, 11) is -3.67. The smallest absolute Gasteiger partial charge is 0.261 e. The molecule has 1 unspecified atom stereocenters. The van der Waals surface area contributed by atoms with E-state index in [4.69, 9.17) is 0 Å². The van der Waals surface area contributed by atoms with Gasteiger partial charge in [0.15, 0.2) is 0 Å². The number of hydrogen-bond acceptors (Lipinski definition) is 4. The zero-order valence-electron chi connectivity index (χ0n) is 22.5. The minimum atomic E-state index is -3.67. The maximum Gasteiger partial charge on any atom is 0.261 e. The fraction of sp³-hybridized carbons (Fsp3) is 0.333. The van der Waals surface area contributed by atoms with Gasteiger partial charge in [0.2, 0.25) is 0 Å². The molecule has 1 N–H and O–H groups in total. The first-order chi connectivity index (χ1) is 19.0. The Labute approximate surface area is 232 Å². The number of nitrogens with zero attached hydrogens (tertiary/aromatic N) is 2. The molecule has 2 fully saturated rings. The molecule has 0 radical (unpaired) electrons. The average molecular weight is 540 g/mol. The van der Waals surface area contributed by atoms with Crippen LogP contribution in [0.4, 0.5) is 11.4 Å². The molecule has 202 valence electrons. The SMILES string of the molecule is CC1CN(c2ccccc2)CCN1C1CCC(c2cccc(NS(=O)(=O)c3ccc4ccccc4c3)c2)CC1. The van der Waals surface area contributed by atoms with Gasteiger partial charge in [-0.05, 0) is 91.3 Å². The molecular weight excluding hydrogens is 502 g/mol. The van der Waals surface area contributed by atoms with Crippen molar-refractivity contribution in [1.29, 1.82) is 0 Å². The van der Waals surface area contributed by atoms with Gasteiger partial charge in [-0.3, -0.25) is 9.62 Å². The number of anilines is 2. The van der Waals surface area contributed by atoms with Crippen molar-refractivity contribution in [1.82, 2.24) is 4.90 Å². The lowest BCUT2D eigenvalue weighted by molar-refractivity contribution is 0.0965. The van der Waals surface area contributed by atoms with Gasteiger partial charge in [-0.1, -0.05) is 60.7 Å². The third-order valence-electron chi connectivity index (χ3n) is 8.61. The van der Waals surface area contributed by atoms with E-state index in [1.165, 1.54) is 24.1 Å². The van der Waals surface area contributed by atoms with Crippen molar-refractivity contribution in [3.63, 3.8) is 0 Å². The van der Waals surface area contributed by atoms with Crippen LogP contribution in [0.1, 0.15) is 44.1 Å². The highest BCUT2D eigenvalue weighted by Gasteiger charge is 2.32. The van der Waals surface area contributed by atoms with Crippen molar-refractivity contribution in [2.75, 3.05) is 29.3 Å². The van der Waals surface area contributed by atoms with Gasteiger partial charge < -0.3 is 4.90 Å². The minimum absolute atomic E-state index is 0.286. The molecule has 0 bridgehead atoms. The lowest BCUT2D eigenvalue weighted by atomic mass is 9.80. The monoisotopic (exact) mass is 539 g/mol. The van der Waals surface area contributed by atoms with Gasteiger partial charge in [-0.2, -0.15) is 0 Å². The topological polar surface area (TPSA) is 52.6 Å². The van der Waals surface area contributed by atoms with Gasteiger partial charge in [0.25, 0.3) is 10.0 Å². The number of fused-ring (bicyclic) bond motifs is 1. The highest BCUT2D eigenvalue weighted by atomic mass is 32.2. The zero-order valence-corrected chi connectivity index (χ0v) is 23.4. The molecule has 1 aliphatic carbocycles. The number of sulfonamides is 1. The summed E-state index contributed by atoms with van der Waals surface area (Å²) in [6.45, 7) is 5.63. The maximum absolute atomic E-state index is 13.2. The first-order valence-electron chi connectivity index (χ1n) is 14.1. The molecule has 1 aliphatic heterocycles. The van der Waals surface area contributed by atoms with Crippen LogP contribution >= 0.6 is 0 Å². The molecule has 0 amide bonds. The Morgan fingerprint density at radius 1 is 0.744 bits per heavy atom. The number of para-hydroxylation sites is 1. The molecular formula is C33H37N3O2S. The van der Waals surface area contributed by atoms with E-state index in [-0.39, 0.29) is 4.90 Å². The Kier molecular flexibility index (Phi) is 7.32. The molecule has 39 heavy (non-hydrogen) atoms. The molecule has 6 heteroatoms. The molecule has 4 aromatic carbocycles. The van der Waals surface area contributed by atoms with E-state index in [0.717, 1.165) is 43.2 Å². The van der Waals surface area contributed by atoms with Crippen LogP contribution in [0, 0.1) is 0 Å². The van der Waals surface area contributed by atoms with Gasteiger partial charge in [0.05, 0.1) is 4.90 Å². The van der Waals surface area contributed by atoms with Crippen LogP contribution in [0.2, 0.25) is 0 Å². The normalized spacial score (nSPS) is 22.6. The summed E-state index contributed by atoms with van der Waals surface area (Å²) in [6, 6.07) is 33.0. The number of nitrogens with one attached hydrogen (secondary N) is 1. The summed E-state index contributed by atoms with van der Waals surface area (Å²) in [5.74, 6) is 0.465. The molecule has 6 rings (SSSR count). The standard InChI is InChI=1S/C33H37N3O2S/c1-25-24-35(31-12-3-2-4-13-31)20-21-36(25)32-17-14-27(15-18-32)28-10-7-11-30(22-28)34-39(37,38)33-19-16-26-8-5-6-9-29(26)23-33/h2-13,16,19,22-23,25,27,32,34H,14-15,17-18,20-21,24H2,1H3. The summed E-state index contributed by atoms with van der Waals surface area (Å²) in [5, 5.41) is 1.95. The number of piperazine rings is 1. The lowest BCUT2D eigenvalue weighted by Gasteiger charge is -2.46. The number of rotatable bonds is 6. The van der Waals surface area contributed by atoms with Gasteiger partial charge in [-0.15, -0.1) is 0 Å². The maximum atomic E-state index is 13.2. The third-order valence-corrected chi connectivity index (χ3v) is 9.99. The van der Waals surface area contributed by atoms with Crippen LogP contribution in [0.5, 0.6) is 0 Å². The molecule has 0 aromatic heterocycles. The summed E-state index contributed by atoms with van der Waals surface area (Å²) < 4.78 is 29.2. The molecule has 0 spiro atoms. The summed E-state index contributed by atoms with van der Waals surface area (Å²) in [6.07, 6.45) is 4.65. The lowest BCUT2D eigenvalue weighted by Crippen LogP contribution is -2.56. The van der Waals surface area contributed by atoms with Crippen LogP contribution < -0.4 is 9.62 Å². The predicted molar refractivity (Wildman–Crippen MR) is 161 cm³/mol. The van der Waals surface area contributed by atoms with Crippen molar-refractivity contribution in [2.24, 2.45) is 0 Å². The van der Waals surface area contributed by atoms with Crippen molar-refractivity contribution in [3.05, 3.63) is 103 Å². The van der Waals surface area contributed by atoms with Crippen LogP contribution in [0.25, 0.3) is 10.8 Å². The first kappa shape index (κ1) is 25.9. The summed E-state index contributed by atoms with van der Waals surface area (Å²) in [4.78, 5) is 5.52. The van der Waals surface area contributed by atoms with Crippen LogP contribution in [0.15, 0.2) is 102 Å². The minimum Gasteiger partial charge on any atom is -0.369 e. The van der Waals surface area contributed by atoms with E-state index >= 15 is 0 Å². The largest absolute Gasteiger partial charge is 0.369 e. The number of benzene rings is 4. The van der Waals surface area contributed by atoms with Crippen LogP contribution in [-0.2, 0) is 10.0 Å². The first-order valence-corrected chi connectivity index (χ1v) is 15.6. The number of hydrogen-bond donors (Lipinski definition) is 1. The van der Waals surface area contributed by atoms with Gasteiger partial charge >= 0.3 is 0 Å². The van der Waals surface area contributed by atoms with Crippen LogP contribution in [0.3, 0.4) is 0 Å². The van der Waals surface area contributed by atoms with Crippen molar-refractivity contribution < 1.29 is 8.42 Å². The second-order valence-electron chi connectivity index (χ2n) is 11.1. The highest BCUT2D eigenvalue weighted by Crippen LogP contribution is 2.37. The van der Waals surface area contributed by atoms with E-state index in [0.29, 0.717) is 23.7 Å². The zero-order chi connectivity index (χ0) is 26.8. The van der Waals surface area contributed by atoms with Crippen molar-refractivity contribution in [2.45, 2.75) is 55.5 Å². The quantitative estimate of drug-likeness (QED) is 0.290. The Balaban J connectivity index is 1.08. The molecule has 1 heterocycles. The van der Waals surface area contributed by atoms with Gasteiger partial charge in [-0.25, -0.2) is 8.42 Å². The van der Waals surface area contributed by atoms with Gasteiger partial charge in [0, 0.05) is 43.1 Å². The Hall–Kier alpha value is -3.35. The van der Waals surface area contributed by atoms with E-state index in [9.17, 15) is 8.42 Å². The Morgan fingerprint density at radius 3 is 2.26 bits per heavy atom. The van der Waals surface area contributed by atoms with Crippen molar-refractivity contribution in [3.8, 4) is 0 Å². The summed E-state index contributed by atoms with van der Waals surface area (Å²) >= 11 is 0. The molecule has 4 aromatic rings. The van der Waals surface area contributed by atoms with Crippen LogP contribution in [-0.4, -0.2) is 45.0 Å². The molecule has 1 saturated heterocycles. The fourth-order valence-electron chi connectivity index (χ4n) is 6.53. The van der Waals surface area contributed by atoms with E-state index in [2.05, 4.69) is 57.8 Å². The Bertz CT molecular complexity index is 1530. The second-order valence-corrected chi connectivity index (χ2v) is 12.8. The molecule has 1 saturated carbocycles. The highest BCUT2D eigenvalue weighted by molar-refractivity contribution is 7.92. The van der Waals surface area contributed by atoms with E-state index < -0.39 is 10.0 Å². The van der Waals surface area contributed by atoms with E-state index in [1.54, 1.807) is 12.1 Å². The van der Waals surface area contributed by atoms with Crippen molar-refractivity contribution >= 4 is 32.2 Å². The van der Waals surface area contributed by atoms with E-state index in [1.807, 2.05) is 48.5 Å². The molecule has 1 atom stereocenters. The van der Waals surface area contributed by atoms with Gasteiger partial charge in [0.1, 0.15) is 0 Å². The molecule has 2 aliphatic rings. The average Bonchev–Trinajstić information content (AvgIpc) is 2.97. The fourth-order valence-corrected chi connectivity index (χ4v) is 7.62. The second kappa shape index (κ2) is 11.0.